The third-order valence-electron chi connectivity index (χ3n) is 2.51. The summed E-state index contributed by atoms with van der Waals surface area (Å²) in [6, 6.07) is 8.24. The number of hydrogen-bond acceptors (Lipinski definition) is 3. The molecule has 19 heavy (non-hydrogen) atoms. The van der Waals surface area contributed by atoms with E-state index in [0.717, 1.165) is 3.79 Å². The number of nitrogens with one attached hydrogen (secondary N) is 1. The largest absolute Gasteiger partial charge is 0.478 e. The molecule has 0 aliphatic heterocycles. The van der Waals surface area contributed by atoms with Crippen molar-refractivity contribution in [3.05, 3.63) is 50.1 Å². The molecule has 0 saturated carbocycles. The van der Waals surface area contributed by atoms with Gasteiger partial charge >= 0.3 is 5.97 Å². The normalized spacial score (nSPS) is 10.2. The molecule has 2 N–H and O–H groups in total. The second-order valence-electron chi connectivity index (χ2n) is 3.89. The van der Waals surface area contributed by atoms with Gasteiger partial charge in [-0.25, -0.2) is 4.79 Å². The predicted molar refractivity (Wildman–Crippen MR) is 78.1 cm³/mol. The number of carbonyl (C=O) groups excluding carboxylic acids is 1. The topological polar surface area (TPSA) is 66.4 Å². The number of halogens is 1. The Balaban J connectivity index is 2.18. The maximum Gasteiger partial charge on any atom is 0.335 e. The molecule has 2 rings (SSSR count). The van der Waals surface area contributed by atoms with Crippen LogP contribution in [0, 0.1) is 6.92 Å². The van der Waals surface area contributed by atoms with E-state index in [4.69, 9.17) is 5.11 Å². The Morgan fingerprint density at radius 1 is 1.26 bits per heavy atom. The van der Waals surface area contributed by atoms with Gasteiger partial charge in [0.25, 0.3) is 5.91 Å². The second kappa shape index (κ2) is 5.54. The smallest absolute Gasteiger partial charge is 0.335 e. The first kappa shape index (κ1) is 13.8. The SMILES string of the molecule is Cc1cc(NC(=O)c2ccc(Br)s2)ccc1C(=O)O. The molecule has 0 radical (unpaired) electrons. The lowest BCUT2D eigenvalue weighted by molar-refractivity contribution is 0.0696. The first-order valence-corrected chi connectivity index (χ1v) is 6.99. The molecule has 2 aromatic rings. The number of amides is 1. The Bertz CT molecular complexity index is 651. The quantitative estimate of drug-likeness (QED) is 0.894. The van der Waals surface area contributed by atoms with Crippen LogP contribution in [0.5, 0.6) is 0 Å². The minimum absolute atomic E-state index is 0.210. The molecule has 0 aliphatic carbocycles. The fourth-order valence-electron chi connectivity index (χ4n) is 1.61. The van der Waals surface area contributed by atoms with Crippen molar-refractivity contribution < 1.29 is 14.7 Å². The monoisotopic (exact) mass is 339 g/mol. The van der Waals surface area contributed by atoms with Gasteiger partial charge in [0.05, 0.1) is 14.2 Å². The van der Waals surface area contributed by atoms with Crippen LogP contribution in [0.4, 0.5) is 5.69 Å². The minimum Gasteiger partial charge on any atom is -0.478 e. The van der Waals surface area contributed by atoms with Crippen molar-refractivity contribution in [2.24, 2.45) is 0 Å². The number of carboxylic acid groups (broad SMARTS) is 1. The number of benzene rings is 1. The Hall–Kier alpha value is -1.66. The molecule has 98 valence electrons. The number of hydrogen-bond donors (Lipinski definition) is 2. The summed E-state index contributed by atoms with van der Waals surface area (Å²) in [5, 5.41) is 11.7. The molecule has 1 heterocycles. The van der Waals surface area contributed by atoms with E-state index < -0.39 is 5.97 Å². The van der Waals surface area contributed by atoms with Gasteiger partial charge < -0.3 is 10.4 Å². The fourth-order valence-corrected chi connectivity index (χ4v) is 2.89. The third-order valence-corrected chi connectivity index (χ3v) is 4.13. The van der Waals surface area contributed by atoms with Gasteiger partial charge in [0.15, 0.2) is 0 Å². The van der Waals surface area contributed by atoms with Crippen LogP contribution in [0.25, 0.3) is 0 Å². The Morgan fingerprint density at radius 3 is 2.53 bits per heavy atom. The molecule has 0 atom stereocenters. The number of carbonyl (C=O) groups is 2. The molecule has 0 spiro atoms. The highest BCUT2D eigenvalue weighted by Crippen LogP contribution is 2.23. The number of aryl methyl sites for hydroxylation is 1. The summed E-state index contributed by atoms with van der Waals surface area (Å²) in [6.45, 7) is 1.70. The molecule has 1 aromatic carbocycles. The summed E-state index contributed by atoms with van der Waals surface area (Å²) in [5.74, 6) is -1.18. The van der Waals surface area contributed by atoms with E-state index in [1.807, 2.05) is 0 Å². The Morgan fingerprint density at radius 2 is 2.00 bits per heavy atom. The average molecular weight is 340 g/mol. The highest BCUT2D eigenvalue weighted by molar-refractivity contribution is 9.11. The van der Waals surface area contributed by atoms with Gasteiger partial charge in [0, 0.05) is 5.69 Å². The summed E-state index contributed by atoms with van der Waals surface area (Å²) in [5.41, 5.74) is 1.42. The van der Waals surface area contributed by atoms with Gasteiger partial charge in [-0.05, 0) is 58.7 Å². The zero-order valence-electron chi connectivity index (χ0n) is 9.94. The summed E-state index contributed by atoms with van der Waals surface area (Å²) < 4.78 is 0.884. The molecule has 6 heteroatoms. The van der Waals surface area contributed by atoms with Crippen molar-refractivity contribution in [1.82, 2.24) is 0 Å². The van der Waals surface area contributed by atoms with Crippen LogP contribution in [0.2, 0.25) is 0 Å². The highest BCUT2D eigenvalue weighted by Gasteiger charge is 2.11. The van der Waals surface area contributed by atoms with Crippen LogP contribution in [0.3, 0.4) is 0 Å². The molecule has 0 bridgehead atoms. The van der Waals surface area contributed by atoms with Crippen LogP contribution >= 0.6 is 27.3 Å². The molecular formula is C13H10BrNO3S. The number of anilines is 1. The molecular weight excluding hydrogens is 330 g/mol. The summed E-state index contributed by atoms with van der Waals surface area (Å²) in [7, 11) is 0. The standard InChI is InChI=1S/C13H10BrNO3S/c1-7-6-8(2-3-9(7)13(17)18)15-12(16)10-4-5-11(14)19-10/h2-6H,1H3,(H,15,16)(H,17,18). The van der Waals surface area contributed by atoms with E-state index in [2.05, 4.69) is 21.2 Å². The zero-order valence-corrected chi connectivity index (χ0v) is 12.3. The number of aromatic carboxylic acids is 1. The molecule has 0 saturated heterocycles. The van der Waals surface area contributed by atoms with Gasteiger partial charge in [0.1, 0.15) is 0 Å². The number of rotatable bonds is 3. The van der Waals surface area contributed by atoms with Gasteiger partial charge in [-0.15, -0.1) is 11.3 Å². The number of thiophene rings is 1. The lowest BCUT2D eigenvalue weighted by atomic mass is 10.1. The third kappa shape index (κ3) is 3.21. The first-order valence-electron chi connectivity index (χ1n) is 5.38. The van der Waals surface area contributed by atoms with Crippen molar-refractivity contribution in [3.63, 3.8) is 0 Å². The van der Waals surface area contributed by atoms with E-state index in [9.17, 15) is 9.59 Å². The fraction of sp³-hybridized carbons (Fsp3) is 0.0769. The second-order valence-corrected chi connectivity index (χ2v) is 6.36. The molecule has 0 fully saturated rings. The molecule has 0 unspecified atom stereocenters. The van der Waals surface area contributed by atoms with Gasteiger partial charge in [0.2, 0.25) is 0 Å². The van der Waals surface area contributed by atoms with Gasteiger partial charge in [-0.3, -0.25) is 4.79 Å². The Labute approximate surface area is 122 Å². The Kier molecular flexibility index (Phi) is 4.01. The van der Waals surface area contributed by atoms with Gasteiger partial charge in [-0.1, -0.05) is 0 Å². The van der Waals surface area contributed by atoms with E-state index >= 15 is 0 Å². The van der Waals surface area contributed by atoms with Crippen molar-refractivity contribution in [2.75, 3.05) is 5.32 Å². The van der Waals surface area contributed by atoms with E-state index in [-0.39, 0.29) is 11.5 Å². The van der Waals surface area contributed by atoms with Crippen molar-refractivity contribution in [1.29, 1.82) is 0 Å². The molecule has 1 aromatic heterocycles. The highest BCUT2D eigenvalue weighted by atomic mass is 79.9. The maximum absolute atomic E-state index is 11.9. The lowest BCUT2D eigenvalue weighted by Gasteiger charge is -2.06. The predicted octanol–water partition coefficient (Wildman–Crippen LogP) is 3.77. The van der Waals surface area contributed by atoms with Crippen LogP contribution in [0.15, 0.2) is 34.1 Å². The van der Waals surface area contributed by atoms with Crippen molar-refractivity contribution in [2.45, 2.75) is 6.92 Å². The minimum atomic E-state index is -0.974. The van der Waals surface area contributed by atoms with Crippen LogP contribution in [-0.4, -0.2) is 17.0 Å². The molecule has 0 aliphatic rings. The van der Waals surface area contributed by atoms with Crippen molar-refractivity contribution >= 4 is 44.8 Å². The molecule has 1 amide bonds. The average Bonchev–Trinajstić information content (AvgIpc) is 2.75. The van der Waals surface area contributed by atoms with Gasteiger partial charge in [-0.2, -0.15) is 0 Å². The van der Waals surface area contributed by atoms with Crippen molar-refractivity contribution in [3.8, 4) is 0 Å². The maximum atomic E-state index is 11.9. The summed E-state index contributed by atoms with van der Waals surface area (Å²) in [4.78, 5) is 23.4. The summed E-state index contributed by atoms with van der Waals surface area (Å²) in [6.07, 6.45) is 0. The number of carboxylic acids is 1. The van der Waals surface area contributed by atoms with Crippen LogP contribution < -0.4 is 5.32 Å². The van der Waals surface area contributed by atoms with E-state index in [1.54, 1.807) is 31.2 Å². The summed E-state index contributed by atoms with van der Waals surface area (Å²) >= 11 is 4.63. The molecule has 4 nitrogen and oxygen atoms in total. The van der Waals surface area contributed by atoms with Crippen LogP contribution in [0.1, 0.15) is 25.6 Å². The zero-order chi connectivity index (χ0) is 14.0. The van der Waals surface area contributed by atoms with E-state index in [0.29, 0.717) is 16.1 Å². The van der Waals surface area contributed by atoms with Crippen LogP contribution in [-0.2, 0) is 0 Å². The van der Waals surface area contributed by atoms with E-state index in [1.165, 1.54) is 17.4 Å². The lowest BCUT2D eigenvalue weighted by Crippen LogP contribution is -2.10. The first-order chi connectivity index (χ1) is 8.97.